The molecule has 1 N–H and O–H groups in total. The average molecular weight is 276 g/mol. The molecule has 2 rings (SSSR count). The Labute approximate surface area is 123 Å². The number of piperazine rings is 1. The first-order chi connectivity index (χ1) is 9.61. The van der Waals surface area contributed by atoms with Crippen LogP contribution in [-0.4, -0.2) is 54.2 Å². The van der Waals surface area contributed by atoms with Crippen molar-refractivity contribution in [3.63, 3.8) is 0 Å². The van der Waals surface area contributed by atoms with E-state index in [1.165, 1.54) is 11.1 Å². The van der Waals surface area contributed by atoms with Crippen molar-refractivity contribution in [2.75, 3.05) is 39.3 Å². The van der Waals surface area contributed by atoms with Gasteiger partial charge in [-0.3, -0.25) is 9.80 Å². The van der Waals surface area contributed by atoms with E-state index >= 15 is 0 Å². The van der Waals surface area contributed by atoms with Crippen LogP contribution in [0.1, 0.15) is 43.9 Å². The van der Waals surface area contributed by atoms with Crippen LogP contribution in [0.2, 0.25) is 0 Å². The Balaban J connectivity index is 1.93. The summed E-state index contributed by atoms with van der Waals surface area (Å²) in [6.45, 7) is 12.2. The third kappa shape index (κ3) is 3.81. The summed E-state index contributed by atoms with van der Waals surface area (Å²) >= 11 is 0. The number of rotatable bonds is 5. The Bertz CT molecular complexity index is 394. The van der Waals surface area contributed by atoms with Crippen LogP contribution < -0.4 is 0 Å². The van der Waals surface area contributed by atoms with Crippen molar-refractivity contribution in [3.8, 4) is 0 Å². The lowest BCUT2D eigenvalue weighted by molar-refractivity contribution is 0.0888. The highest BCUT2D eigenvalue weighted by Gasteiger charge is 2.21. The van der Waals surface area contributed by atoms with Crippen LogP contribution in [-0.2, 0) is 0 Å². The van der Waals surface area contributed by atoms with Gasteiger partial charge in [-0.2, -0.15) is 0 Å². The smallest absolute Gasteiger partial charge is 0.0558 e. The van der Waals surface area contributed by atoms with Crippen molar-refractivity contribution in [2.24, 2.45) is 0 Å². The molecule has 1 saturated heterocycles. The molecule has 0 radical (unpaired) electrons. The molecule has 3 heteroatoms. The molecule has 1 fully saturated rings. The maximum Gasteiger partial charge on any atom is 0.0558 e. The minimum atomic E-state index is 0.270. The summed E-state index contributed by atoms with van der Waals surface area (Å²) in [6.07, 6.45) is 0. The van der Waals surface area contributed by atoms with Gasteiger partial charge < -0.3 is 5.11 Å². The summed E-state index contributed by atoms with van der Waals surface area (Å²) in [7, 11) is 0. The zero-order valence-corrected chi connectivity index (χ0v) is 13.0. The number of hydrogen-bond acceptors (Lipinski definition) is 3. The highest BCUT2D eigenvalue weighted by molar-refractivity contribution is 5.26. The Morgan fingerprint density at radius 3 is 2.00 bits per heavy atom. The molecule has 1 unspecified atom stereocenters. The molecule has 112 valence electrons. The van der Waals surface area contributed by atoms with Crippen molar-refractivity contribution in [1.29, 1.82) is 0 Å². The molecule has 0 aliphatic carbocycles. The number of nitrogens with zero attached hydrogens (tertiary/aromatic N) is 2. The van der Waals surface area contributed by atoms with E-state index in [-0.39, 0.29) is 6.61 Å². The molecule has 0 saturated carbocycles. The van der Waals surface area contributed by atoms with Crippen LogP contribution in [0.4, 0.5) is 0 Å². The van der Waals surface area contributed by atoms with Gasteiger partial charge in [0.15, 0.2) is 0 Å². The van der Waals surface area contributed by atoms with Gasteiger partial charge in [-0.15, -0.1) is 0 Å². The third-order valence-electron chi connectivity index (χ3n) is 4.46. The molecule has 0 amide bonds. The van der Waals surface area contributed by atoms with Crippen LogP contribution >= 0.6 is 0 Å². The summed E-state index contributed by atoms with van der Waals surface area (Å²) < 4.78 is 0. The fourth-order valence-electron chi connectivity index (χ4n) is 2.89. The second-order valence-corrected chi connectivity index (χ2v) is 6.10. The Morgan fingerprint density at radius 2 is 1.50 bits per heavy atom. The summed E-state index contributed by atoms with van der Waals surface area (Å²) in [4.78, 5) is 4.88. The first-order valence-electron chi connectivity index (χ1n) is 7.79. The minimum Gasteiger partial charge on any atom is -0.395 e. The molecule has 20 heavy (non-hydrogen) atoms. The van der Waals surface area contributed by atoms with Gasteiger partial charge in [0.2, 0.25) is 0 Å². The molecule has 1 aliphatic heterocycles. The predicted octanol–water partition coefficient (Wildman–Crippen LogP) is 2.48. The fourth-order valence-corrected chi connectivity index (χ4v) is 2.89. The van der Waals surface area contributed by atoms with Gasteiger partial charge in [0, 0.05) is 38.8 Å². The van der Waals surface area contributed by atoms with Gasteiger partial charge in [0.1, 0.15) is 0 Å². The van der Waals surface area contributed by atoms with Gasteiger partial charge in [-0.1, -0.05) is 38.1 Å². The SMILES string of the molecule is CC(C)c1ccc(C(C)N2CCN(CCO)CC2)cc1. The molecule has 1 aromatic carbocycles. The molecule has 1 heterocycles. The Hall–Kier alpha value is -0.900. The minimum absolute atomic E-state index is 0.270. The van der Waals surface area contributed by atoms with E-state index < -0.39 is 0 Å². The molecule has 0 spiro atoms. The van der Waals surface area contributed by atoms with Crippen molar-refractivity contribution < 1.29 is 5.11 Å². The monoisotopic (exact) mass is 276 g/mol. The number of benzene rings is 1. The molecule has 1 aliphatic rings. The summed E-state index contributed by atoms with van der Waals surface area (Å²) in [5, 5.41) is 8.99. The maximum absolute atomic E-state index is 8.99. The fraction of sp³-hybridized carbons (Fsp3) is 0.647. The normalized spacial score (nSPS) is 19.4. The molecule has 1 aromatic rings. The van der Waals surface area contributed by atoms with Crippen LogP contribution in [0.25, 0.3) is 0 Å². The molecule has 3 nitrogen and oxygen atoms in total. The first-order valence-corrected chi connectivity index (χ1v) is 7.79. The predicted molar refractivity (Wildman–Crippen MR) is 84.0 cm³/mol. The van der Waals surface area contributed by atoms with Crippen molar-refractivity contribution in [1.82, 2.24) is 9.80 Å². The van der Waals surface area contributed by atoms with Crippen LogP contribution in [0.5, 0.6) is 0 Å². The van der Waals surface area contributed by atoms with E-state index in [0.717, 1.165) is 32.7 Å². The van der Waals surface area contributed by atoms with Crippen molar-refractivity contribution >= 4 is 0 Å². The van der Waals surface area contributed by atoms with E-state index in [0.29, 0.717) is 12.0 Å². The number of β-amino-alcohol motifs (C(OH)–C–C–N with tert-alkyl or cyclic N) is 1. The third-order valence-corrected chi connectivity index (χ3v) is 4.46. The van der Waals surface area contributed by atoms with E-state index in [4.69, 9.17) is 5.11 Å². The van der Waals surface area contributed by atoms with Crippen molar-refractivity contribution in [2.45, 2.75) is 32.7 Å². The number of aliphatic hydroxyl groups is 1. The zero-order chi connectivity index (χ0) is 14.5. The second kappa shape index (κ2) is 7.21. The summed E-state index contributed by atoms with van der Waals surface area (Å²) in [5.41, 5.74) is 2.82. The lowest BCUT2D eigenvalue weighted by Crippen LogP contribution is -2.47. The number of hydrogen-bond donors (Lipinski definition) is 1. The van der Waals surface area contributed by atoms with Crippen LogP contribution in [0.3, 0.4) is 0 Å². The summed E-state index contributed by atoms with van der Waals surface area (Å²) in [6, 6.07) is 9.56. The average Bonchev–Trinajstić information content (AvgIpc) is 2.48. The van der Waals surface area contributed by atoms with E-state index in [9.17, 15) is 0 Å². The second-order valence-electron chi connectivity index (χ2n) is 6.10. The quantitative estimate of drug-likeness (QED) is 0.895. The standard InChI is InChI=1S/C17H28N2O/c1-14(2)16-4-6-17(7-5-16)15(3)19-10-8-18(9-11-19)12-13-20/h4-7,14-15,20H,8-13H2,1-3H3. The Morgan fingerprint density at radius 1 is 0.950 bits per heavy atom. The lowest BCUT2D eigenvalue weighted by atomic mass is 9.99. The van der Waals surface area contributed by atoms with Crippen LogP contribution in [0, 0.1) is 0 Å². The van der Waals surface area contributed by atoms with Gasteiger partial charge in [-0.25, -0.2) is 0 Å². The Kier molecular flexibility index (Phi) is 5.58. The molecular formula is C17H28N2O. The molecular weight excluding hydrogens is 248 g/mol. The van der Waals surface area contributed by atoms with E-state index in [1.807, 2.05) is 0 Å². The number of aliphatic hydroxyl groups excluding tert-OH is 1. The molecule has 1 atom stereocenters. The van der Waals surface area contributed by atoms with E-state index in [1.54, 1.807) is 0 Å². The van der Waals surface area contributed by atoms with Gasteiger partial charge in [0.25, 0.3) is 0 Å². The topological polar surface area (TPSA) is 26.7 Å². The molecule has 0 aromatic heterocycles. The van der Waals surface area contributed by atoms with Crippen molar-refractivity contribution in [3.05, 3.63) is 35.4 Å². The largest absolute Gasteiger partial charge is 0.395 e. The van der Waals surface area contributed by atoms with E-state index in [2.05, 4.69) is 54.8 Å². The highest BCUT2D eigenvalue weighted by Crippen LogP contribution is 2.23. The van der Waals surface area contributed by atoms with Gasteiger partial charge in [-0.05, 0) is 24.0 Å². The van der Waals surface area contributed by atoms with Gasteiger partial charge >= 0.3 is 0 Å². The summed E-state index contributed by atoms with van der Waals surface area (Å²) in [5.74, 6) is 0.599. The first kappa shape index (κ1) is 15.5. The molecule has 0 bridgehead atoms. The highest BCUT2D eigenvalue weighted by atomic mass is 16.3. The maximum atomic E-state index is 8.99. The van der Waals surface area contributed by atoms with Gasteiger partial charge in [0.05, 0.1) is 6.61 Å². The van der Waals surface area contributed by atoms with Crippen LogP contribution in [0.15, 0.2) is 24.3 Å². The zero-order valence-electron chi connectivity index (χ0n) is 13.0. The lowest BCUT2D eigenvalue weighted by Gasteiger charge is -2.38.